The molecular weight excluding hydrogens is 246 g/mol. The average molecular weight is 259 g/mol. The van der Waals surface area contributed by atoms with Gasteiger partial charge in [-0.05, 0) is 36.8 Å². The standard InChI is InChI=1S/C14H13NO4/c1-8-2-5-11(13(18)6-8)15-14(19)10-4-3-9(16)7-12(10)17/h2-7,16-18H,1H3,(H,15,19). The van der Waals surface area contributed by atoms with Crippen LogP contribution in [0, 0.1) is 6.92 Å². The van der Waals surface area contributed by atoms with Crippen molar-refractivity contribution in [2.45, 2.75) is 6.92 Å². The van der Waals surface area contributed by atoms with Crippen molar-refractivity contribution in [2.24, 2.45) is 0 Å². The number of hydrogen-bond donors (Lipinski definition) is 4. The van der Waals surface area contributed by atoms with Gasteiger partial charge in [-0.25, -0.2) is 0 Å². The lowest BCUT2D eigenvalue weighted by Gasteiger charge is -2.09. The minimum atomic E-state index is -0.573. The zero-order valence-corrected chi connectivity index (χ0v) is 10.2. The fraction of sp³-hybridized carbons (Fsp3) is 0.0714. The normalized spacial score (nSPS) is 10.2. The van der Waals surface area contributed by atoms with Gasteiger partial charge in [0.05, 0.1) is 11.3 Å². The smallest absolute Gasteiger partial charge is 0.259 e. The van der Waals surface area contributed by atoms with Crippen LogP contribution in [0.25, 0.3) is 0 Å². The maximum atomic E-state index is 11.9. The highest BCUT2D eigenvalue weighted by Gasteiger charge is 2.13. The van der Waals surface area contributed by atoms with Crippen molar-refractivity contribution in [3.8, 4) is 17.2 Å². The van der Waals surface area contributed by atoms with Crippen LogP contribution in [-0.4, -0.2) is 21.2 Å². The molecule has 0 aromatic heterocycles. The zero-order chi connectivity index (χ0) is 14.0. The monoisotopic (exact) mass is 259 g/mol. The molecule has 5 nitrogen and oxygen atoms in total. The first-order valence-electron chi connectivity index (χ1n) is 5.60. The highest BCUT2D eigenvalue weighted by Crippen LogP contribution is 2.27. The Kier molecular flexibility index (Phi) is 3.29. The van der Waals surface area contributed by atoms with Crippen molar-refractivity contribution in [3.63, 3.8) is 0 Å². The Morgan fingerprint density at radius 1 is 1.00 bits per heavy atom. The van der Waals surface area contributed by atoms with Crippen LogP contribution in [0.3, 0.4) is 0 Å². The summed E-state index contributed by atoms with van der Waals surface area (Å²) in [5, 5.41) is 30.9. The third-order valence-corrected chi connectivity index (χ3v) is 2.63. The molecule has 2 aromatic carbocycles. The Hall–Kier alpha value is -2.69. The molecule has 0 unspecified atom stereocenters. The lowest BCUT2D eigenvalue weighted by Crippen LogP contribution is -2.12. The van der Waals surface area contributed by atoms with E-state index >= 15 is 0 Å². The van der Waals surface area contributed by atoms with Gasteiger partial charge in [0.1, 0.15) is 17.2 Å². The Balaban J connectivity index is 2.25. The second-order valence-corrected chi connectivity index (χ2v) is 4.18. The molecule has 4 N–H and O–H groups in total. The van der Waals surface area contributed by atoms with E-state index in [1.807, 2.05) is 6.92 Å². The second kappa shape index (κ2) is 4.89. The number of rotatable bonds is 2. The maximum absolute atomic E-state index is 11.9. The van der Waals surface area contributed by atoms with E-state index in [2.05, 4.69) is 5.32 Å². The van der Waals surface area contributed by atoms with Gasteiger partial charge < -0.3 is 20.6 Å². The van der Waals surface area contributed by atoms with Crippen LogP contribution >= 0.6 is 0 Å². The number of anilines is 1. The molecule has 2 rings (SSSR count). The van der Waals surface area contributed by atoms with E-state index < -0.39 is 5.91 Å². The summed E-state index contributed by atoms with van der Waals surface area (Å²) in [5.74, 6) is -1.08. The summed E-state index contributed by atoms with van der Waals surface area (Å²) in [6.45, 7) is 1.82. The van der Waals surface area contributed by atoms with Crippen molar-refractivity contribution in [1.82, 2.24) is 0 Å². The number of carbonyl (C=O) groups excluding carboxylic acids is 1. The molecule has 19 heavy (non-hydrogen) atoms. The number of benzene rings is 2. The minimum absolute atomic E-state index is 0.0118. The van der Waals surface area contributed by atoms with E-state index in [0.29, 0.717) is 0 Å². The van der Waals surface area contributed by atoms with Gasteiger partial charge in [-0.3, -0.25) is 4.79 Å². The molecule has 0 aliphatic carbocycles. The molecular formula is C14H13NO4. The van der Waals surface area contributed by atoms with E-state index in [-0.39, 0.29) is 28.5 Å². The molecule has 0 spiro atoms. The van der Waals surface area contributed by atoms with Gasteiger partial charge >= 0.3 is 0 Å². The van der Waals surface area contributed by atoms with Gasteiger partial charge in [0.15, 0.2) is 0 Å². The third-order valence-electron chi connectivity index (χ3n) is 2.63. The number of nitrogens with one attached hydrogen (secondary N) is 1. The van der Waals surface area contributed by atoms with Gasteiger partial charge in [0.25, 0.3) is 5.91 Å². The lowest BCUT2D eigenvalue weighted by molar-refractivity contribution is 0.102. The predicted molar refractivity (Wildman–Crippen MR) is 70.6 cm³/mol. The summed E-state index contributed by atoms with van der Waals surface area (Å²) in [7, 11) is 0. The maximum Gasteiger partial charge on any atom is 0.259 e. The number of amides is 1. The van der Waals surface area contributed by atoms with Crippen LogP contribution in [0.5, 0.6) is 17.2 Å². The van der Waals surface area contributed by atoms with Crippen molar-refractivity contribution < 1.29 is 20.1 Å². The molecule has 98 valence electrons. The lowest BCUT2D eigenvalue weighted by atomic mass is 10.1. The summed E-state index contributed by atoms with van der Waals surface area (Å²) in [6, 6.07) is 8.50. The largest absolute Gasteiger partial charge is 0.508 e. The molecule has 0 saturated heterocycles. The fourth-order valence-electron chi connectivity index (χ4n) is 1.65. The summed E-state index contributed by atoms with van der Waals surface area (Å²) in [4.78, 5) is 11.9. The predicted octanol–water partition coefficient (Wildman–Crippen LogP) is 2.36. The van der Waals surface area contributed by atoms with E-state index in [1.165, 1.54) is 18.2 Å². The van der Waals surface area contributed by atoms with Crippen molar-refractivity contribution in [3.05, 3.63) is 47.5 Å². The van der Waals surface area contributed by atoms with Crippen LogP contribution < -0.4 is 5.32 Å². The molecule has 0 saturated carbocycles. The van der Waals surface area contributed by atoms with Gasteiger partial charge in [-0.2, -0.15) is 0 Å². The van der Waals surface area contributed by atoms with Crippen LogP contribution in [0.15, 0.2) is 36.4 Å². The van der Waals surface area contributed by atoms with Gasteiger partial charge in [-0.1, -0.05) is 6.07 Å². The molecule has 0 aliphatic heterocycles. The van der Waals surface area contributed by atoms with E-state index in [9.17, 15) is 15.0 Å². The number of phenolic OH excluding ortho intramolecular Hbond substituents is 3. The van der Waals surface area contributed by atoms with Crippen molar-refractivity contribution in [2.75, 3.05) is 5.32 Å². The molecule has 0 atom stereocenters. The summed E-state index contributed by atoms with van der Waals surface area (Å²) in [5.41, 5.74) is 1.13. The molecule has 1 amide bonds. The molecule has 0 aliphatic rings. The molecule has 2 aromatic rings. The molecule has 0 radical (unpaired) electrons. The first-order chi connectivity index (χ1) is 8.97. The highest BCUT2D eigenvalue weighted by atomic mass is 16.3. The first kappa shape index (κ1) is 12.8. The molecule has 0 heterocycles. The third kappa shape index (κ3) is 2.77. The topological polar surface area (TPSA) is 89.8 Å². The Bertz CT molecular complexity index is 637. The minimum Gasteiger partial charge on any atom is -0.508 e. The van der Waals surface area contributed by atoms with Gasteiger partial charge in [0.2, 0.25) is 0 Å². The van der Waals surface area contributed by atoms with Crippen LogP contribution in [-0.2, 0) is 0 Å². The van der Waals surface area contributed by atoms with Gasteiger partial charge in [-0.15, -0.1) is 0 Å². The van der Waals surface area contributed by atoms with Gasteiger partial charge in [0, 0.05) is 6.07 Å². The number of hydrogen-bond acceptors (Lipinski definition) is 4. The van der Waals surface area contributed by atoms with Crippen LogP contribution in [0.2, 0.25) is 0 Å². The van der Waals surface area contributed by atoms with E-state index in [0.717, 1.165) is 11.6 Å². The number of phenols is 3. The highest BCUT2D eigenvalue weighted by molar-refractivity contribution is 6.06. The Morgan fingerprint density at radius 3 is 2.37 bits per heavy atom. The second-order valence-electron chi connectivity index (χ2n) is 4.18. The SMILES string of the molecule is Cc1ccc(NC(=O)c2ccc(O)cc2O)c(O)c1. The van der Waals surface area contributed by atoms with E-state index in [1.54, 1.807) is 12.1 Å². The van der Waals surface area contributed by atoms with Crippen LogP contribution in [0.4, 0.5) is 5.69 Å². The zero-order valence-electron chi connectivity index (χ0n) is 10.2. The Labute approximate surface area is 109 Å². The average Bonchev–Trinajstić information content (AvgIpc) is 2.32. The first-order valence-corrected chi connectivity index (χ1v) is 5.60. The summed E-state index contributed by atoms with van der Waals surface area (Å²) in [6.07, 6.45) is 0. The molecule has 0 bridgehead atoms. The van der Waals surface area contributed by atoms with E-state index in [4.69, 9.17) is 5.11 Å². The fourth-order valence-corrected chi connectivity index (χ4v) is 1.65. The quantitative estimate of drug-likeness (QED) is 0.623. The molecule has 5 heteroatoms. The Morgan fingerprint density at radius 2 is 1.74 bits per heavy atom. The number of aromatic hydroxyl groups is 3. The molecule has 0 fully saturated rings. The summed E-state index contributed by atoms with van der Waals surface area (Å²) < 4.78 is 0. The number of aryl methyl sites for hydroxylation is 1. The van der Waals surface area contributed by atoms with Crippen molar-refractivity contribution in [1.29, 1.82) is 0 Å². The summed E-state index contributed by atoms with van der Waals surface area (Å²) >= 11 is 0. The van der Waals surface area contributed by atoms with Crippen LogP contribution in [0.1, 0.15) is 15.9 Å². The van der Waals surface area contributed by atoms with Crippen molar-refractivity contribution >= 4 is 11.6 Å². The number of carbonyl (C=O) groups is 1.